The predicted molar refractivity (Wildman–Crippen MR) is 100.0 cm³/mol. The van der Waals surface area contributed by atoms with Crippen molar-refractivity contribution in [3.05, 3.63) is 41.8 Å². The number of ether oxygens (including phenoxy) is 1. The van der Waals surface area contributed by atoms with Gasteiger partial charge in [-0.2, -0.15) is 0 Å². The number of nitrogens with two attached hydrogens (primary N) is 1. The van der Waals surface area contributed by atoms with Gasteiger partial charge >= 0.3 is 6.09 Å². The van der Waals surface area contributed by atoms with Crippen LogP contribution in [0.3, 0.4) is 0 Å². The van der Waals surface area contributed by atoms with Gasteiger partial charge in [0.2, 0.25) is 5.91 Å². The van der Waals surface area contributed by atoms with Gasteiger partial charge in [0.25, 0.3) is 0 Å². The molecule has 9 heteroatoms. The number of aliphatic hydroxyl groups excluding tert-OH is 1. The second-order valence-electron chi connectivity index (χ2n) is 6.31. The lowest BCUT2D eigenvalue weighted by Gasteiger charge is -2.22. The molecular formula is C18H25F2N2O4S. The zero-order valence-corrected chi connectivity index (χ0v) is 16.1. The Bertz CT molecular complexity index is 611. The maximum absolute atomic E-state index is 13.2. The number of primary amides is 1. The third-order valence-corrected chi connectivity index (χ3v) is 4.65. The molecule has 1 aromatic carbocycles. The Kier molecular flexibility index (Phi) is 10.1. The number of benzene rings is 1. The predicted octanol–water partition coefficient (Wildman–Crippen LogP) is 2.04. The summed E-state index contributed by atoms with van der Waals surface area (Å²) in [6.45, 7) is 4.31. The van der Waals surface area contributed by atoms with E-state index in [0.717, 1.165) is 30.0 Å². The Morgan fingerprint density at radius 2 is 1.93 bits per heavy atom. The van der Waals surface area contributed by atoms with Crippen LogP contribution in [0.4, 0.5) is 13.6 Å². The van der Waals surface area contributed by atoms with E-state index >= 15 is 0 Å². The quantitative estimate of drug-likeness (QED) is 0.491. The molecule has 6 nitrogen and oxygen atoms in total. The van der Waals surface area contributed by atoms with Crippen LogP contribution in [0.25, 0.3) is 0 Å². The van der Waals surface area contributed by atoms with Crippen molar-refractivity contribution < 1.29 is 28.2 Å². The highest BCUT2D eigenvalue weighted by molar-refractivity contribution is 8.00. The van der Waals surface area contributed by atoms with Gasteiger partial charge in [0, 0.05) is 18.4 Å². The molecule has 1 aromatic rings. The normalized spacial score (nSPS) is 13.3. The molecule has 0 aliphatic heterocycles. The Balaban J connectivity index is 2.67. The number of aliphatic hydroxyl groups is 1. The molecule has 0 bridgehead atoms. The molecule has 27 heavy (non-hydrogen) atoms. The van der Waals surface area contributed by atoms with Gasteiger partial charge in [0.1, 0.15) is 23.5 Å². The molecule has 4 N–H and O–H groups in total. The fraction of sp³-hybridized carbons (Fsp3) is 0.500. The zero-order valence-electron chi connectivity index (χ0n) is 15.3. The first-order valence-corrected chi connectivity index (χ1v) is 9.51. The van der Waals surface area contributed by atoms with Gasteiger partial charge in [-0.3, -0.25) is 4.79 Å². The molecule has 1 rings (SSSR count). The fourth-order valence-corrected chi connectivity index (χ4v) is 3.14. The van der Waals surface area contributed by atoms with Crippen LogP contribution in [-0.2, 0) is 16.0 Å². The third kappa shape index (κ3) is 9.58. The van der Waals surface area contributed by atoms with Crippen molar-refractivity contribution in [1.82, 2.24) is 5.32 Å². The van der Waals surface area contributed by atoms with Gasteiger partial charge < -0.3 is 20.9 Å². The lowest BCUT2D eigenvalue weighted by molar-refractivity contribution is -0.122. The lowest BCUT2D eigenvalue weighted by atomic mass is 10.0. The van der Waals surface area contributed by atoms with E-state index in [1.54, 1.807) is 0 Å². The molecule has 0 spiro atoms. The average molecular weight is 403 g/mol. The summed E-state index contributed by atoms with van der Waals surface area (Å²) in [6.07, 6.45) is -0.587. The SMILES string of the molecule is CC(C)CNC(=O)C(SCCOC(N)=O)C(O)[CH]Cc1cc(F)cc(F)c1. The standard InChI is InChI=1S/C18H25F2N2O4S/c1-11(2)10-22-17(24)16(27-6-5-26-18(21)25)15(23)4-3-12-7-13(19)9-14(20)8-12/h4,7-9,11,15-16,23H,3,5-6,10H2,1-2H3,(H2,21,25)(H,22,24). The van der Waals surface area contributed by atoms with Gasteiger partial charge in [-0.25, -0.2) is 13.6 Å². The summed E-state index contributed by atoms with van der Waals surface area (Å²) in [6, 6.07) is 3.08. The minimum absolute atomic E-state index is 0.00418. The van der Waals surface area contributed by atoms with Crippen LogP contribution in [0.15, 0.2) is 18.2 Å². The van der Waals surface area contributed by atoms with Crippen LogP contribution < -0.4 is 11.1 Å². The summed E-state index contributed by atoms with van der Waals surface area (Å²) in [5.41, 5.74) is 5.22. The van der Waals surface area contributed by atoms with Crippen molar-refractivity contribution in [2.75, 3.05) is 18.9 Å². The van der Waals surface area contributed by atoms with E-state index in [9.17, 15) is 23.5 Å². The van der Waals surface area contributed by atoms with Crippen LogP contribution in [0.1, 0.15) is 19.4 Å². The maximum Gasteiger partial charge on any atom is 0.404 e. The largest absolute Gasteiger partial charge is 0.449 e. The van der Waals surface area contributed by atoms with Crippen molar-refractivity contribution in [1.29, 1.82) is 0 Å². The number of rotatable bonds is 11. The van der Waals surface area contributed by atoms with E-state index in [0.29, 0.717) is 12.1 Å². The highest BCUT2D eigenvalue weighted by Gasteiger charge is 2.27. The van der Waals surface area contributed by atoms with Gasteiger partial charge in [0.15, 0.2) is 0 Å². The molecule has 151 valence electrons. The van der Waals surface area contributed by atoms with E-state index in [-0.39, 0.29) is 30.6 Å². The fourth-order valence-electron chi connectivity index (χ4n) is 2.16. The topological polar surface area (TPSA) is 102 Å². The molecule has 2 unspecified atom stereocenters. The highest BCUT2D eigenvalue weighted by atomic mass is 32.2. The first-order chi connectivity index (χ1) is 12.7. The second kappa shape index (κ2) is 11.8. The summed E-state index contributed by atoms with van der Waals surface area (Å²) in [5, 5.41) is 12.3. The maximum atomic E-state index is 13.2. The molecular weight excluding hydrogens is 378 g/mol. The Hall–Kier alpha value is -1.87. The van der Waals surface area contributed by atoms with Gasteiger partial charge in [-0.05, 0) is 36.5 Å². The number of carbonyl (C=O) groups is 2. The number of thioether (sulfide) groups is 1. The molecule has 2 amide bonds. The Labute approximate surface area is 161 Å². The number of nitrogens with one attached hydrogen (secondary N) is 1. The van der Waals surface area contributed by atoms with E-state index in [1.165, 1.54) is 6.42 Å². The summed E-state index contributed by atoms with van der Waals surface area (Å²) >= 11 is 1.10. The van der Waals surface area contributed by atoms with Crippen molar-refractivity contribution >= 4 is 23.8 Å². The van der Waals surface area contributed by atoms with Crippen LogP contribution in [0, 0.1) is 24.0 Å². The number of hydrogen-bond acceptors (Lipinski definition) is 5. The van der Waals surface area contributed by atoms with E-state index in [1.807, 2.05) is 13.8 Å². The molecule has 1 radical (unpaired) electrons. The summed E-state index contributed by atoms with van der Waals surface area (Å²) < 4.78 is 31.1. The van der Waals surface area contributed by atoms with Crippen molar-refractivity contribution in [3.63, 3.8) is 0 Å². The minimum Gasteiger partial charge on any atom is -0.449 e. The van der Waals surface area contributed by atoms with Crippen LogP contribution in [0.5, 0.6) is 0 Å². The third-order valence-electron chi connectivity index (χ3n) is 3.40. The first-order valence-electron chi connectivity index (χ1n) is 8.47. The van der Waals surface area contributed by atoms with Crippen LogP contribution in [0.2, 0.25) is 0 Å². The molecule has 0 aliphatic rings. The van der Waals surface area contributed by atoms with E-state index in [4.69, 9.17) is 5.73 Å². The Morgan fingerprint density at radius 1 is 1.30 bits per heavy atom. The Morgan fingerprint density at radius 3 is 2.48 bits per heavy atom. The molecule has 0 fully saturated rings. The number of carbonyl (C=O) groups excluding carboxylic acids is 2. The van der Waals surface area contributed by atoms with Crippen LogP contribution in [-0.4, -0.2) is 47.4 Å². The first kappa shape index (κ1) is 23.2. The smallest absolute Gasteiger partial charge is 0.404 e. The number of amides is 2. The van der Waals surface area contributed by atoms with Crippen molar-refractivity contribution in [2.45, 2.75) is 31.6 Å². The molecule has 0 saturated carbocycles. The minimum atomic E-state index is -1.16. The van der Waals surface area contributed by atoms with Gasteiger partial charge in [-0.1, -0.05) is 13.8 Å². The molecule has 0 heterocycles. The zero-order chi connectivity index (χ0) is 20.4. The summed E-state index contributed by atoms with van der Waals surface area (Å²) in [4.78, 5) is 23.0. The van der Waals surface area contributed by atoms with Gasteiger partial charge in [-0.15, -0.1) is 11.8 Å². The van der Waals surface area contributed by atoms with E-state index < -0.39 is 29.1 Å². The van der Waals surface area contributed by atoms with E-state index in [2.05, 4.69) is 10.1 Å². The monoisotopic (exact) mass is 403 g/mol. The van der Waals surface area contributed by atoms with Crippen molar-refractivity contribution in [2.24, 2.45) is 11.7 Å². The second-order valence-corrected chi connectivity index (χ2v) is 7.56. The molecule has 0 saturated heterocycles. The van der Waals surface area contributed by atoms with Gasteiger partial charge in [0.05, 0.1) is 6.10 Å². The summed E-state index contributed by atoms with van der Waals surface area (Å²) in [7, 11) is 0. The number of hydrogen-bond donors (Lipinski definition) is 3. The molecule has 0 aromatic heterocycles. The summed E-state index contributed by atoms with van der Waals surface area (Å²) in [5.74, 6) is -1.31. The van der Waals surface area contributed by atoms with Crippen LogP contribution >= 0.6 is 11.8 Å². The molecule has 0 aliphatic carbocycles. The average Bonchev–Trinajstić information content (AvgIpc) is 2.56. The number of halogens is 2. The highest BCUT2D eigenvalue weighted by Crippen LogP contribution is 2.20. The van der Waals surface area contributed by atoms with Crippen molar-refractivity contribution in [3.8, 4) is 0 Å². The molecule has 2 atom stereocenters. The lowest BCUT2D eigenvalue weighted by Crippen LogP contribution is -2.42.